The third kappa shape index (κ3) is 4.77. The molecule has 1 heterocycles. The van der Waals surface area contributed by atoms with Crippen LogP contribution in [0.1, 0.15) is 5.56 Å². The maximum absolute atomic E-state index is 10.5. The molecule has 0 radical (unpaired) electrons. The van der Waals surface area contributed by atoms with Gasteiger partial charge in [-0.3, -0.25) is 4.79 Å². The molecule has 1 N–H and O–H groups in total. The van der Waals surface area contributed by atoms with Gasteiger partial charge in [-0.1, -0.05) is 33.6 Å². The molecule has 0 bridgehead atoms. The second kappa shape index (κ2) is 6.66. The molecular weight excluding hydrogens is 334 g/mol. The zero-order valence-electron chi connectivity index (χ0n) is 8.71. The molecule has 2 aromatic rings. The van der Waals surface area contributed by atoms with Crippen molar-refractivity contribution in [3.8, 4) is 0 Å². The molecule has 0 aliphatic heterocycles. The highest BCUT2D eigenvalue weighted by Gasteiger charge is 1.86. The van der Waals surface area contributed by atoms with Crippen LogP contribution in [0.25, 0.3) is 0 Å². The van der Waals surface area contributed by atoms with Crippen LogP contribution in [0.4, 0.5) is 0 Å². The number of benzene rings is 1. The maximum atomic E-state index is 10.5. The lowest BCUT2D eigenvalue weighted by atomic mass is 10.2. The number of H-pyrrole nitrogens is 1. The Morgan fingerprint density at radius 3 is 2.25 bits per heavy atom. The Morgan fingerprint density at radius 1 is 1.12 bits per heavy atom. The minimum atomic E-state index is -0.0903. The van der Waals surface area contributed by atoms with E-state index in [0.29, 0.717) is 4.47 Å². The number of aromatic amines is 1. The van der Waals surface area contributed by atoms with Crippen molar-refractivity contribution < 1.29 is 0 Å². The molecule has 1 aromatic carbocycles. The zero-order chi connectivity index (χ0) is 12.0. The van der Waals surface area contributed by atoms with Crippen LogP contribution < -0.4 is 5.56 Å². The van der Waals surface area contributed by atoms with Gasteiger partial charge in [0.05, 0.1) is 4.47 Å². The Hall–Kier alpha value is -0.870. The predicted octanol–water partition coefficient (Wildman–Crippen LogP) is 3.89. The van der Waals surface area contributed by atoms with Crippen molar-refractivity contribution in [2.24, 2.45) is 0 Å². The van der Waals surface area contributed by atoms with E-state index in [9.17, 15) is 4.79 Å². The van der Waals surface area contributed by atoms with Gasteiger partial charge >= 0.3 is 0 Å². The molecule has 0 spiro atoms. The average molecular weight is 345 g/mol. The summed E-state index contributed by atoms with van der Waals surface area (Å²) in [6.45, 7) is 2.07. The first-order valence-electron chi connectivity index (χ1n) is 4.65. The van der Waals surface area contributed by atoms with E-state index in [-0.39, 0.29) is 5.56 Å². The molecular formula is C12H11Br2NO. The van der Waals surface area contributed by atoms with Crippen LogP contribution in [0, 0.1) is 6.92 Å². The predicted molar refractivity (Wildman–Crippen MR) is 73.6 cm³/mol. The first-order valence-corrected chi connectivity index (χ1v) is 6.23. The van der Waals surface area contributed by atoms with Crippen LogP contribution in [0.3, 0.4) is 0 Å². The monoisotopic (exact) mass is 343 g/mol. The largest absolute Gasteiger partial charge is 0.328 e. The lowest BCUT2D eigenvalue weighted by molar-refractivity contribution is 1.22. The second-order valence-corrected chi connectivity index (χ2v) is 4.92. The van der Waals surface area contributed by atoms with Crippen LogP contribution in [0.15, 0.2) is 56.3 Å². The van der Waals surface area contributed by atoms with Crippen molar-refractivity contribution in [1.82, 2.24) is 4.98 Å². The molecule has 0 atom stereocenters. The first kappa shape index (κ1) is 13.2. The Labute approximate surface area is 111 Å². The summed E-state index contributed by atoms with van der Waals surface area (Å²) < 4.78 is 1.72. The smallest absolute Gasteiger partial charge is 0.262 e. The Kier molecular flexibility index (Phi) is 5.49. The van der Waals surface area contributed by atoms with Gasteiger partial charge in [0.2, 0.25) is 0 Å². The summed E-state index contributed by atoms with van der Waals surface area (Å²) in [6, 6.07) is 11.7. The van der Waals surface area contributed by atoms with Gasteiger partial charge < -0.3 is 4.98 Å². The molecule has 0 amide bonds. The van der Waals surface area contributed by atoms with Crippen molar-refractivity contribution in [3.05, 3.63) is 67.5 Å². The summed E-state index contributed by atoms with van der Waals surface area (Å²) in [7, 11) is 0. The van der Waals surface area contributed by atoms with Crippen LogP contribution in [-0.2, 0) is 0 Å². The molecule has 1 aromatic heterocycles. The summed E-state index contributed by atoms with van der Waals surface area (Å²) in [5.41, 5.74) is 1.20. The van der Waals surface area contributed by atoms with E-state index in [2.05, 4.69) is 55.9 Å². The molecule has 16 heavy (non-hydrogen) atoms. The average Bonchev–Trinajstić information content (AvgIpc) is 2.23. The molecule has 0 fully saturated rings. The Balaban J connectivity index is 0.000000160. The standard InChI is InChI=1S/C7H7Br.C5H4BrNO/c1-6-3-2-4-7(8)5-6;6-4-2-1-3-7-5(4)8/h2-5H,1H3;1-3H,(H,7,8). The minimum Gasteiger partial charge on any atom is -0.328 e. The number of aromatic nitrogens is 1. The second-order valence-electron chi connectivity index (χ2n) is 3.15. The molecule has 2 rings (SSSR count). The normalized spacial score (nSPS) is 9.19. The van der Waals surface area contributed by atoms with Crippen LogP contribution in [0.5, 0.6) is 0 Å². The summed E-state index contributed by atoms with van der Waals surface area (Å²) in [4.78, 5) is 13.0. The third-order valence-corrected chi connectivity index (χ3v) is 2.87. The van der Waals surface area contributed by atoms with Gasteiger partial charge in [-0.05, 0) is 47.1 Å². The molecule has 0 aliphatic rings. The highest BCUT2D eigenvalue weighted by Crippen LogP contribution is 2.09. The van der Waals surface area contributed by atoms with Gasteiger partial charge in [0.15, 0.2) is 0 Å². The highest BCUT2D eigenvalue weighted by atomic mass is 79.9. The summed E-state index contributed by atoms with van der Waals surface area (Å²) in [5, 5.41) is 0. The van der Waals surface area contributed by atoms with E-state index in [4.69, 9.17) is 0 Å². The summed E-state index contributed by atoms with van der Waals surface area (Å²) >= 11 is 6.41. The van der Waals surface area contributed by atoms with Crippen molar-refractivity contribution in [1.29, 1.82) is 0 Å². The van der Waals surface area contributed by atoms with Crippen molar-refractivity contribution in [2.75, 3.05) is 0 Å². The van der Waals surface area contributed by atoms with Gasteiger partial charge in [-0.25, -0.2) is 0 Å². The van der Waals surface area contributed by atoms with Crippen molar-refractivity contribution in [3.63, 3.8) is 0 Å². The molecule has 0 unspecified atom stereocenters. The van der Waals surface area contributed by atoms with E-state index >= 15 is 0 Å². The van der Waals surface area contributed by atoms with E-state index in [1.165, 1.54) is 5.56 Å². The summed E-state index contributed by atoms with van der Waals surface area (Å²) in [6.07, 6.45) is 1.59. The van der Waals surface area contributed by atoms with E-state index in [1.807, 2.05) is 12.1 Å². The lowest BCUT2D eigenvalue weighted by Gasteiger charge is -1.89. The van der Waals surface area contributed by atoms with E-state index < -0.39 is 0 Å². The molecule has 84 valence electrons. The first-order chi connectivity index (χ1) is 7.59. The molecule has 0 aliphatic carbocycles. The fourth-order valence-electron chi connectivity index (χ4n) is 1.01. The van der Waals surface area contributed by atoms with Gasteiger partial charge in [0.25, 0.3) is 5.56 Å². The molecule has 2 nitrogen and oxygen atoms in total. The van der Waals surface area contributed by atoms with Crippen LogP contribution in [0.2, 0.25) is 0 Å². The van der Waals surface area contributed by atoms with Crippen LogP contribution in [-0.4, -0.2) is 4.98 Å². The van der Waals surface area contributed by atoms with Gasteiger partial charge in [0, 0.05) is 10.7 Å². The van der Waals surface area contributed by atoms with Crippen LogP contribution >= 0.6 is 31.9 Å². The fraction of sp³-hybridized carbons (Fsp3) is 0.0833. The Morgan fingerprint density at radius 2 is 1.88 bits per heavy atom. The quantitative estimate of drug-likeness (QED) is 0.772. The van der Waals surface area contributed by atoms with Crippen molar-refractivity contribution >= 4 is 31.9 Å². The number of pyridine rings is 1. The number of hydrogen-bond donors (Lipinski definition) is 1. The Bertz CT molecular complexity index is 491. The number of halogens is 2. The molecule has 4 heteroatoms. The highest BCUT2D eigenvalue weighted by molar-refractivity contribution is 9.10. The maximum Gasteiger partial charge on any atom is 0.262 e. The van der Waals surface area contributed by atoms with E-state index in [1.54, 1.807) is 18.3 Å². The molecule has 0 saturated carbocycles. The van der Waals surface area contributed by atoms with Gasteiger partial charge in [0.1, 0.15) is 0 Å². The number of aryl methyl sites for hydroxylation is 1. The SMILES string of the molecule is Cc1cccc(Br)c1.O=c1[nH]cccc1Br. The van der Waals surface area contributed by atoms with Crippen molar-refractivity contribution in [2.45, 2.75) is 6.92 Å². The van der Waals surface area contributed by atoms with Gasteiger partial charge in [-0.15, -0.1) is 0 Å². The third-order valence-electron chi connectivity index (χ3n) is 1.75. The minimum absolute atomic E-state index is 0.0903. The number of rotatable bonds is 0. The van der Waals surface area contributed by atoms with Gasteiger partial charge in [-0.2, -0.15) is 0 Å². The lowest BCUT2D eigenvalue weighted by Crippen LogP contribution is -2.02. The van der Waals surface area contributed by atoms with E-state index in [0.717, 1.165) is 4.47 Å². The number of hydrogen-bond acceptors (Lipinski definition) is 1. The summed E-state index contributed by atoms with van der Waals surface area (Å²) in [5.74, 6) is 0. The fourth-order valence-corrected chi connectivity index (χ4v) is 1.79. The zero-order valence-corrected chi connectivity index (χ0v) is 11.9. The number of nitrogens with one attached hydrogen (secondary N) is 1. The molecule has 0 saturated heterocycles. The topological polar surface area (TPSA) is 32.9 Å².